The van der Waals surface area contributed by atoms with Gasteiger partial charge in [0.15, 0.2) is 0 Å². The number of carbonyl (C=O) groups is 2. The van der Waals surface area contributed by atoms with Gasteiger partial charge in [-0.2, -0.15) is 13.2 Å². The van der Waals surface area contributed by atoms with E-state index in [-0.39, 0.29) is 16.1 Å². The van der Waals surface area contributed by atoms with Crippen LogP contribution >= 0.6 is 22.9 Å². The van der Waals surface area contributed by atoms with Crippen molar-refractivity contribution in [2.45, 2.75) is 26.6 Å². The maximum Gasteiger partial charge on any atom is 0.416 e. The van der Waals surface area contributed by atoms with Crippen molar-refractivity contribution in [1.29, 1.82) is 0 Å². The lowest BCUT2D eigenvalue weighted by molar-refractivity contribution is -0.137. The number of aryl methyl sites for hydroxylation is 2. The average Bonchev–Trinajstić information content (AvgIpc) is 3.15. The predicted octanol–water partition coefficient (Wildman–Crippen LogP) is 5.64. The van der Waals surface area contributed by atoms with Crippen LogP contribution in [0.15, 0.2) is 53.6 Å². The third-order valence-corrected chi connectivity index (χ3v) is 6.93. The van der Waals surface area contributed by atoms with Crippen molar-refractivity contribution in [2.24, 2.45) is 0 Å². The molecular weight excluding hydrogens is 517 g/mol. The van der Waals surface area contributed by atoms with Gasteiger partial charge in [0.05, 0.1) is 32.9 Å². The van der Waals surface area contributed by atoms with Gasteiger partial charge in [0.25, 0.3) is 11.5 Å². The summed E-state index contributed by atoms with van der Waals surface area (Å²) < 4.78 is 40.0. The summed E-state index contributed by atoms with van der Waals surface area (Å²) in [4.78, 5) is 43.3. The number of para-hydroxylation sites is 1. The first-order valence-corrected chi connectivity index (χ1v) is 11.7. The number of nitrogens with zero attached hydrogens (tertiary/aromatic N) is 2. The van der Waals surface area contributed by atoms with Crippen LogP contribution in [0.3, 0.4) is 0 Å². The van der Waals surface area contributed by atoms with Crippen molar-refractivity contribution < 1.29 is 22.8 Å². The Morgan fingerprint density at radius 2 is 1.81 bits per heavy atom. The van der Waals surface area contributed by atoms with Gasteiger partial charge in [-0.25, -0.2) is 4.98 Å². The zero-order valence-electron chi connectivity index (χ0n) is 18.9. The number of anilines is 2. The summed E-state index contributed by atoms with van der Waals surface area (Å²) in [7, 11) is 0. The highest BCUT2D eigenvalue weighted by Crippen LogP contribution is 2.34. The highest BCUT2D eigenvalue weighted by Gasteiger charge is 2.31. The number of benzene rings is 2. The van der Waals surface area contributed by atoms with Crippen molar-refractivity contribution in [1.82, 2.24) is 9.55 Å². The van der Waals surface area contributed by atoms with Crippen molar-refractivity contribution in [3.05, 3.63) is 85.7 Å². The topological polar surface area (TPSA) is 93.1 Å². The van der Waals surface area contributed by atoms with Crippen LogP contribution in [0.25, 0.3) is 10.2 Å². The lowest BCUT2D eigenvalue weighted by Crippen LogP contribution is -2.28. The van der Waals surface area contributed by atoms with Crippen LogP contribution in [0, 0.1) is 13.8 Å². The van der Waals surface area contributed by atoms with Gasteiger partial charge in [-0.05, 0) is 49.2 Å². The monoisotopic (exact) mass is 534 g/mol. The first-order valence-electron chi connectivity index (χ1n) is 10.5. The lowest BCUT2D eigenvalue weighted by atomic mass is 10.2. The normalized spacial score (nSPS) is 11.5. The maximum atomic E-state index is 13.1. The van der Waals surface area contributed by atoms with E-state index in [1.807, 2.05) is 19.1 Å². The number of carbonyl (C=O) groups excluding carboxylic acids is 2. The van der Waals surface area contributed by atoms with Gasteiger partial charge in [-0.3, -0.25) is 19.0 Å². The summed E-state index contributed by atoms with van der Waals surface area (Å²) in [6.45, 7) is 2.95. The average molecular weight is 535 g/mol. The molecule has 36 heavy (non-hydrogen) atoms. The standard InChI is InChI=1S/C24H18ClF3N4O3S/c1-12-5-3-4-6-16(12)31-21(34)20-13(2)19-22(36-20)29-11-32(23(19)35)10-18(33)30-17-9-14(24(26,27)28)7-8-15(17)25/h3-9,11H,10H2,1-2H3,(H,30,33)(H,31,34). The predicted molar refractivity (Wildman–Crippen MR) is 133 cm³/mol. The molecule has 0 aliphatic heterocycles. The molecule has 7 nitrogen and oxygen atoms in total. The SMILES string of the molecule is Cc1ccccc1NC(=O)c1sc2ncn(CC(=O)Nc3cc(C(F)(F)F)ccc3Cl)c(=O)c2c1C. The Balaban J connectivity index is 1.58. The molecule has 186 valence electrons. The molecule has 0 fully saturated rings. The van der Waals surface area contributed by atoms with Crippen molar-refractivity contribution >= 4 is 56.3 Å². The zero-order valence-corrected chi connectivity index (χ0v) is 20.4. The molecule has 0 saturated carbocycles. The van der Waals surface area contributed by atoms with Crippen LogP contribution in [-0.4, -0.2) is 21.4 Å². The molecule has 0 saturated heterocycles. The minimum Gasteiger partial charge on any atom is -0.323 e. The number of thiophene rings is 1. The van der Waals surface area contributed by atoms with Crippen molar-refractivity contribution in [2.75, 3.05) is 10.6 Å². The molecule has 4 aromatic rings. The number of rotatable bonds is 5. The summed E-state index contributed by atoms with van der Waals surface area (Å²) in [6, 6.07) is 9.79. The van der Waals surface area contributed by atoms with Gasteiger partial charge < -0.3 is 10.6 Å². The van der Waals surface area contributed by atoms with E-state index in [0.717, 1.165) is 39.9 Å². The Hall–Kier alpha value is -3.70. The third kappa shape index (κ3) is 5.12. The second-order valence-corrected chi connectivity index (χ2v) is 9.33. The summed E-state index contributed by atoms with van der Waals surface area (Å²) in [5.74, 6) is -1.17. The molecule has 0 aliphatic carbocycles. The Morgan fingerprint density at radius 1 is 1.08 bits per heavy atom. The van der Waals surface area contributed by atoms with Gasteiger partial charge in [0, 0.05) is 5.69 Å². The molecule has 2 aromatic carbocycles. The van der Waals surface area contributed by atoms with Crippen LogP contribution in [0.5, 0.6) is 0 Å². The lowest BCUT2D eigenvalue weighted by Gasteiger charge is -2.12. The number of alkyl halides is 3. The van der Waals surface area contributed by atoms with Crippen LogP contribution in [0.4, 0.5) is 24.5 Å². The fourth-order valence-electron chi connectivity index (χ4n) is 3.52. The van der Waals surface area contributed by atoms with Crippen molar-refractivity contribution in [3.63, 3.8) is 0 Å². The summed E-state index contributed by atoms with van der Waals surface area (Å²) >= 11 is 6.97. The van der Waals surface area contributed by atoms with Gasteiger partial charge in [-0.15, -0.1) is 11.3 Å². The molecule has 2 heterocycles. The van der Waals surface area contributed by atoms with Gasteiger partial charge in [-0.1, -0.05) is 29.8 Å². The fourth-order valence-corrected chi connectivity index (χ4v) is 4.72. The molecule has 0 aliphatic rings. The first-order chi connectivity index (χ1) is 17.0. The van der Waals surface area contributed by atoms with Crippen molar-refractivity contribution in [3.8, 4) is 0 Å². The third-order valence-electron chi connectivity index (χ3n) is 5.40. The quantitative estimate of drug-likeness (QED) is 0.347. The summed E-state index contributed by atoms with van der Waals surface area (Å²) in [5, 5.41) is 5.21. The minimum atomic E-state index is -4.62. The van der Waals surface area contributed by atoms with Crippen LogP contribution in [0.2, 0.25) is 5.02 Å². The molecule has 2 N–H and O–H groups in total. The number of amides is 2. The summed E-state index contributed by atoms with van der Waals surface area (Å²) in [6.07, 6.45) is -3.47. The number of hydrogen-bond acceptors (Lipinski definition) is 5. The highest BCUT2D eigenvalue weighted by atomic mass is 35.5. The molecule has 2 amide bonds. The second kappa shape index (κ2) is 9.75. The molecule has 0 bridgehead atoms. The summed E-state index contributed by atoms with van der Waals surface area (Å²) in [5.41, 5.74) is 0.142. The Labute approximate surface area is 211 Å². The smallest absolute Gasteiger partial charge is 0.323 e. The molecule has 12 heteroatoms. The van der Waals surface area contributed by atoms with Crippen LogP contribution in [0.1, 0.15) is 26.4 Å². The molecule has 0 spiro atoms. The van der Waals surface area contributed by atoms with E-state index < -0.39 is 35.7 Å². The highest BCUT2D eigenvalue weighted by molar-refractivity contribution is 7.20. The van der Waals surface area contributed by atoms with Gasteiger partial charge in [0.2, 0.25) is 5.91 Å². The fraction of sp³-hybridized carbons (Fsp3) is 0.167. The van der Waals surface area contributed by atoms with E-state index in [1.54, 1.807) is 19.1 Å². The molecular formula is C24H18ClF3N4O3S. The number of halogens is 4. The minimum absolute atomic E-state index is 0.0877. The van der Waals surface area contributed by atoms with E-state index in [2.05, 4.69) is 15.6 Å². The Kier molecular flexibility index (Phi) is 6.87. The number of aromatic nitrogens is 2. The first kappa shape index (κ1) is 25.4. The molecule has 0 radical (unpaired) electrons. The number of nitrogens with one attached hydrogen (secondary N) is 2. The number of hydrogen-bond donors (Lipinski definition) is 2. The van der Waals surface area contributed by atoms with Gasteiger partial charge >= 0.3 is 6.18 Å². The van der Waals surface area contributed by atoms with E-state index in [1.165, 1.54) is 0 Å². The molecule has 4 rings (SSSR count). The second-order valence-electron chi connectivity index (χ2n) is 7.92. The number of fused-ring (bicyclic) bond motifs is 1. The van der Waals surface area contributed by atoms with E-state index >= 15 is 0 Å². The van der Waals surface area contributed by atoms with Gasteiger partial charge in [0.1, 0.15) is 11.4 Å². The Bertz CT molecular complexity index is 1560. The molecule has 0 unspecified atom stereocenters. The Morgan fingerprint density at radius 3 is 2.50 bits per heavy atom. The van der Waals surface area contributed by atoms with Crippen LogP contribution in [-0.2, 0) is 17.5 Å². The van der Waals surface area contributed by atoms with E-state index in [4.69, 9.17) is 11.6 Å². The zero-order chi connectivity index (χ0) is 26.2. The van der Waals surface area contributed by atoms with E-state index in [0.29, 0.717) is 27.0 Å². The molecule has 0 atom stereocenters. The maximum absolute atomic E-state index is 13.1. The van der Waals surface area contributed by atoms with Crippen LogP contribution < -0.4 is 16.2 Å². The molecule has 2 aromatic heterocycles. The van der Waals surface area contributed by atoms with E-state index in [9.17, 15) is 27.6 Å². The largest absolute Gasteiger partial charge is 0.416 e.